The van der Waals surface area contributed by atoms with Crippen LogP contribution in [-0.4, -0.2) is 35.6 Å². The molecule has 7 nitrogen and oxygen atoms in total. The molecule has 0 unspecified atom stereocenters. The third-order valence-electron chi connectivity index (χ3n) is 5.63. The van der Waals surface area contributed by atoms with E-state index in [1.165, 1.54) is 0 Å². The molecule has 2 atom stereocenters. The molecule has 0 spiro atoms. The molecule has 3 heterocycles. The Hall–Kier alpha value is -3.32. The Kier molecular flexibility index (Phi) is 4.47. The van der Waals surface area contributed by atoms with Crippen LogP contribution < -0.4 is 15.5 Å². The highest BCUT2D eigenvalue weighted by molar-refractivity contribution is 6.33. The number of hydrogen-bond acceptors (Lipinski definition) is 5. The molecule has 3 aromatic rings. The fraction of sp³-hybridized carbons (Fsp3) is 0.227. The topological polar surface area (TPSA) is 87.5 Å². The zero-order valence-corrected chi connectivity index (χ0v) is 16.9. The number of rotatable bonds is 3. The van der Waals surface area contributed by atoms with Crippen molar-refractivity contribution < 1.29 is 14.1 Å². The van der Waals surface area contributed by atoms with E-state index in [1.54, 1.807) is 19.1 Å². The first-order valence-corrected chi connectivity index (χ1v) is 10.1. The number of aromatic nitrogens is 1. The van der Waals surface area contributed by atoms with Crippen LogP contribution in [0.3, 0.4) is 0 Å². The lowest BCUT2D eigenvalue weighted by atomic mass is 10.0. The van der Waals surface area contributed by atoms with Crippen molar-refractivity contribution in [2.75, 3.05) is 16.8 Å². The first-order valence-electron chi connectivity index (χ1n) is 9.71. The standard InChI is InChI=1S/C22H19ClN4O3/c1-12-19(20(26-30-12)14-6-2-3-7-15(14)23)22(29)24-13-10-18-21(28)25-16-8-4-5-9-17(16)27(18)11-13/h2-9,13,18H,10-11H2,1H3,(H,24,29)(H,25,28)/t13-,18+/m1/s1. The summed E-state index contributed by atoms with van der Waals surface area (Å²) in [6.45, 7) is 2.25. The number of carbonyl (C=O) groups is 2. The molecule has 2 aliphatic rings. The average Bonchev–Trinajstić information content (AvgIpc) is 3.32. The smallest absolute Gasteiger partial charge is 0.257 e. The van der Waals surface area contributed by atoms with Gasteiger partial charge in [-0.05, 0) is 31.5 Å². The molecule has 2 N–H and O–H groups in total. The molecule has 1 fully saturated rings. The van der Waals surface area contributed by atoms with Crippen molar-refractivity contribution in [2.45, 2.75) is 25.4 Å². The van der Waals surface area contributed by atoms with E-state index in [1.807, 2.05) is 36.4 Å². The van der Waals surface area contributed by atoms with Crippen LogP contribution >= 0.6 is 11.6 Å². The van der Waals surface area contributed by atoms with Crippen molar-refractivity contribution in [2.24, 2.45) is 0 Å². The van der Waals surface area contributed by atoms with E-state index in [-0.39, 0.29) is 23.9 Å². The molecule has 0 aliphatic carbocycles. The molecule has 152 valence electrons. The van der Waals surface area contributed by atoms with E-state index in [4.69, 9.17) is 16.1 Å². The van der Waals surface area contributed by atoms with Crippen LogP contribution in [0.4, 0.5) is 11.4 Å². The number of nitrogens with zero attached hydrogens (tertiary/aromatic N) is 2. The third-order valence-corrected chi connectivity index (χ3v) is 5.96. The summed E-state index contributed by atoms with van der Waals surface area (Å²) in [5, 5.41) is 10.6. The van der Waals surface area contributed by atoms with E-state index in [2.05, 4.69) is 20.7 Å². The van der Waals surface area contributed by atoms with E-state index in [9.17, 15) is 9.59 Å². The summed E-state index contributed by atoms with van der Waals surface area (Å²) >= 11 is 6.30. The Bertz CT molecular complexity index is 1160. The van der Waals surface area contributed by atoms with Crippen molar-refractivity contribution in [1.82, 2.24) is 10.5 Å². The lowest BCUT2D eigenvalue weighted by Crippen LogP contribution is -2.44. The SMILES string of the molecule is Cc1onc(-c2ccccc2Cl)c1C(=O)N[C@@H]1C[C@H]2C(=O)Nc3ccccc3N2C1. The minimum atomic E-state index is -0.309. The Labute approximate surface area is 178 Å². The van der Waals surface area contributed by atoms with E-state index in [0.29, 0.717) is 40.6 Å². The zero-order valence-electron chi connectivity index (χ0n) is 16.2. The third kappa shape index (κ3) is 3.02. The molecule has 2 aromatic carbocycles. The van der Waals surface area contributed by atoms with Crippen LogP contribution in [0.25, 0.3) is 11.3 Å². The quantitative estimate of drug-likeness (QED) is 0.673. The Morgan fingerprint density at radius 1 is 1.23 bits per heavy atom. The van der Waals surface area contributed by atoms with Gasteiger partial charge in [0, 0.05) is 18.2 Å². The Balaban J connectivity index is 1.40. The molecular weight excluding hydrogens is 404 g/mol. The second-order valence-electron chi connectivity index (χ2n) is 7.52. The molecule has 1 aromatic heterocycles. The molecule has 2 amide bonds. The normalized spacial score (nSPS) is 19.8. The van der Waals surface area contributed by atoms with Crippen molar-refractivity contribution >= 4 is 34.8 Å². The van der Waals surface area contributed by atoms with Gasteiger partial charge in [0.2, 0.25) is 5.91 Å². The number of benzene rings is 2. The van der Waals surface area contributed by atoms with Crippen LogP contribution in [-0.2, 0) is 4.79 Å². The molecule has 8 heteroatoms. The minimum absolute atomic E-state index is 0.0524. The van der Waals surface area contributed by atoms with E-state index < -0.39 is 0 Å². The van der Waals surface area contributed by atoms with Gasteiger partial charge in [-0.1, -0.05) is 47.1 Å². The number of carbonyl (C=O) groups excluding carboxylic acids is 2. The monoisotopic (exact) mass is 422 g/mol. The maximum absolute atomic E-state index is 13.1. The number of fused-ring (bicyclic) bond motifs is 3. The molecule has 30 heavy (non-hydrogen) atoms. The molecular formula is C22H19ClN4O3. The van der Waals surface area contributed by atoms with Gasteiger partial charge in [-0.2, -0.15) is 0 Å². The first-order chi connectivity index (χ1) is 14.5. The van der Waals surface area contributed by atoms with Crippen molar-refractivity contribution in [1.29, 1.82) is 0 Å². The fourth-order valence-electron chi connectivity index (χ4n) is 4.24. The van der Waals surface area contributed by atoms with Gasteiger partial charge >= 0.3 is 0 Å². The van der Waals surface area contributed by atoms with Gasteiger partial charge in [0.25, 0.3) is 5.91 Å². The molecule has 0 bridgehead atoms. The lowest BCUT2D eigenvalue weighted by molar-refractivity contribution is -0.117. The minimum Gasteiger partial charge on any atom is -0.360 e. The summed E-state index contributed by atoms with van der Waals surface area (Å²) in [6.07, 6.45) is 0.525. The van der Waals surface area contributed by atoms with Gasteiger partial charge in [0.1, 0.15) is 23.1 Å². The maximum atomic E-state index is 13.1. The van der Waals surface area contributed by atoms with Crippen molar-refractivity contribution in [3.05, 3.63) is 64.9 Å². The Morgan fingerprint density at radius 2 is 2.00 bits per heavy atom. The molecule has 5 rings (SSSR count). The summed E-state index contributed by atoms with van der Waals surface area (Å²) in [5.74, 6) is 0.0757. The summed E-state index contributed by atoms with van der Waals surface area (Å²) in [4.78, 5) is 27.7. The molecule has 1 saturated heterocycles. The first kappa shape index (κ1) is 18.7. The number of para-hydroxylation sites is 2. The second kappa shape index (κ2) is 7.18. The van der Waals surface area contributed by atoms with Crippen LogP contribution in [0.1, 0.15) is 22.5 Å². The van der Waals surface area contributed by atoms with Gasteiger partial charge in [-0.15, -0.1) is 0 Å². The van der Waals surface area contributed by atoms with Gasteiger partial charge in [0.15, 0.2) is 0 Å². The van der Waals surface area contributed by atoms with Crippen LogP contribution in [0.2, 0.25) is 5.02 Å². The van der Waals surface area contributed by atoms with E-state index >= 15 is 0 Å². The van der Waals surface area contributed by atoms with Gasteiger partial charge in [-0.25, -0.2) is 0 Å². The van der Waals surface area contributed by atoms with Gasteiger partial charge in [-0.3, -0.25) is 9.59 Å². The van der Waals surface area contributed by atoms with Crippen LogP contribution in [0.15, 0.2) is 53.1 Å². The zero-order chi connectivity index (χ0) is 20.8. The van der Waals surface area contributed by atoms with Crippen molar-refractivity contribution in [3.8, 4) is 11.3 Å². The van der Waals surface area contributed by atoms with E-state index in [0.717, 1.165) is 11.4 Å². The Morgan fingerprint density at radius 3 is 2.83 bits per heavy atom. The summed E-state index contributed by atoms with van der Waals surface area (Å²) in [7, 11) is 0. The van der Waals surface area contributed by atoms with Gasteiger partial charge < -0.3 is 20.1 Å². The summed E-state index contributed by atoms with van der Waals surface area (Å²) < 4.78 is 5.30. The fourth-order valence-corrected chi connectivity index (χ4v) is 4.46. The summed E-state index contributed by atoms with van der Waals surface area (Å²) in [6, 6.07) is 14.4. The largest absolute Gasteiger partial charge is 0.360 e. The molecule has 0 saturated carbocycles. The summed E-state index contributed by atoms with van der Waals surface area (Å²) in [5.41, 5.74) is 3.17. The van der Waals surface area contributed by atoms with Gasteiger partial charge in [0.05, 0.1) is 16.4 Å². The molecule has 0 radical (unpaired) electrons. The maximum Gasteiger partial charge on any atom is 0.257 e. The van der Waals surface area contributed by atoms with Crippen LogP contribution in [0, 0.1) is 6.92 Å². The average molecular weight is 423 g/mol. The lowest BCUT2D eigenvalue weighted by Gasteiger charge is -2.32. The highest BCUT2D eigenvalue weighted by Gasteiger charge is 2.41. The molecule has 2 aliphatic heterocycles. The number of amides is 2. The van der Waals surface area contributed by atoms with Crippen molar-refractivity contribution in [3.63, 3.8) is 0 Å². The highest BCUT2D eigenvalue weighted by Crippen LogP contribution is 2.37. The predicted molar refractivity (Wildman–Crippen MR) is 114 cm³/mol. The number of nitrogens with one attached hydrogen (secondary N) is 2. The number of anilines is 2. The number of halogens is 1. The second-order valence-corrected chi connectivity index (χ2v) is 7.93. The number of hydrogen-bond donors (Lipinski definition) is 2. The number of aryl methyl sites for hydroxylation is 1. The predicted octanol–water partition coefficient (Wildman–Crippen LogP) is 3.63. The van der Waals surface area contributed by atoms with Crippen LogP contribution in [0.5, 0.6) is 0 Å². The highest BCUT2D eigenvalue weighted by atomic mass is 35.5.